The molecular formula is C11H13BrN4O2S. The highest BCUT2D eigenvalue weighted by Crippen LogP contribution is 2.29. The molecule has 102 valence electrons. The molecule has 0 atom stereocenters. The number of benzene rings is 1. The van der Waals surface area contributed by atoms with Crippen LogP contribution in [0.15, 0.2) is 33.9 Å². The Morgan fingerprint density at radius 2 is 2.11 bits per heavy atom. The van der Waals surface area contributed by atoms with Crippen LogP contribution in [-0.2, 0) is 17.1 Å². The first-order valence-corrected chi connectivity index (χ1v) is 7.65. The van der Waals surface area contributed by atoms with Gasteiger partial charge in [-0.2, -0.15) is 13.5 Å². The Labute approximate surface area is 119 Å². The van der Waals surface area contributed by atoms with Crippen LogP contribution in [0.1, 0.15) is 5.56 Å². The molecule has 3 N–H and O–H groups in total. The minimum Gasteiger partial charge on any atom is -0.397 e. The van der Waals surface area contributed by atoms with Gasteiger partial charge in [-0.25, -0.2) is 0 Å². The number of aromatic nitrogens is 2. The maximum atomic E-state index is 12.2. The number of nitrogens with one attached hydrogen (secondary N) is 1. The van der Waals surface area contributed by atoms with E-state index in [4.69, 9.17) is 5.73 Å². The molecule has 1 heterocycles. The number of sulfonamides is 1. The van der Waals surface area contributed by atoms with Gasteiger partial charge in [0.25, 0.3) is 10.0 Å². The third kappa shape index (κ3) is 2.74. The van der Waals surface area contributed by atoms with Crippen LogP contribution in [0.4, 0.5) is 11.4 Å². The summed E-state index contributed by atoms with van der Waals surface area (Å²) in [5, 5.41) is 3.92. The molecule has 2 rings (SSSR count). The van der Waals surface area contributed by atoms with E-state index in [0.717, 1.165) is 10.0 Å². The largest absolute Gasteiger partial charge is 0.397 e. The second-order valence-corrected chi connectivity index (χ2v) is 6.63. The van der Waals surface area contributed by atoms with Crippen LogP contribution in [0.5, 0.6) is 0 Å². The van der Waals surface area contributed by atoms with Gasteiger partial charge in [-0.3, -0.25) is 9.40 Å². The third-order valence-electron chi connectivity index (χ3n) is 2.62. The molecule has 0 saturated heterocycles. The zero-order valence-electron chi connectivity index (χ0n) is 10.4. The molecule has 0 aliphatic heterocycles. The van der Waals surface area contributed by atoms with E-state index in [1.807, 2.05) is 0 Å². The van der Waals surface area contributed by atoms with Crippen LogP contribution in [0.2, 0.25) is 0 Å². The number of nitrogen functional groups attached to an aromatic ring is 1. The molecule has 6 nitrogen and oxygen atoms in total. The molecule has 1 aromatic heterocycles. The Morgan fingerprint density at radius 1 is 1.42 bits per heavy atom. The van der Waals surface area contributed by atoms with Gasteiger partial charge in [0, 0.05) is 11.5 Å². The number of hydrogen-bond donors (Lipinski definition) is 2. The van der Waals surface area contributed by atoms with E-state index < -0.39 is 10.0 Å². The molecule has 0 aliphatic carbocycles. The highest BCUT2D eigenvalue weighted by molar-refractivity contribution is 9.10. The molecule has 0 radical (unpaired) electrons. The number of nitrogens with two attached hydrogens (primary N) is 1. The molecule has 0 unspecified atom stereocenters. The highest BCUT2D eigenvalue weighted by Gasteiger charge is 2.20. The van der Waals surface area contributed by atoms with Gasteiger partial charge < -0.3 is 5.73 Å². The van der Waals surface area contributed by atoms with Gasteiger partial charge in [-0.1, -0.05) is 15.9 Å². The molecule has 0 fully saturated rings. The number of hydrogen-bond acceptors (Lipinski definition) is 4. The van der Waals surface area contributed by atoms with E-state index in [2.05, 4.69) is 25.8 Å². The smallest absolute Gasteiger partial charge is 0.279 e. The summed E-state index contributed by atoms with van der Waals surface area (Å²) in [5.41, 5.74) is 7.31. The van der Waals surface area contributed by atoms with Crippen LogP contribution in [0.3, 0.4) is 0 Å². The fraction of sp³-hybridized carbons (Fsp3) is 0.182. The fourth-order valence-electron chi connectivity index (χ4n) is 1.72. The molecule has 0 amide bonds. The van der Waals surface area contributed by atoms with Crippen LogP contribution in [0, 0.1) is 6.92 Å². The fourth-order valence-corrected chi connectivity index (χ4v) is 3.60. The van der Waals surface area contributed by atoms with Crippen molar-refractivity contribution < 1.29 is 8.42 Å². The SMILES string of the molecule is Cc1cc(Br)cc(N)c1NS(=O)(=O)c1ccnn1C. The average Bonchev–Trinajstić information content (AvgIpc) is 2.70. The first-order valence-electron chi connectivity index (χ1n) is 5.37. The van der Waals surface area contributed by atoms with E-state index in [1.165, 1.54) is 16.9 Å². The minimum absolute atomic E-state index is 0.0780. The third-order valence-corrected chi connectivity index (χ3v) is 4.50. The molecule has 0 saturated carbocycles. The summed E-state index contributed by atoms with van der Waals surface area (Å²) >= 11 is 3.31. The zero-order valence-corrected chi connectivity index (χ0v) is 12.8. The lowest BCUT2D eigenvalue weighted by atomic mass is 10.2. The van der Waals surface area contributed by atoms with E-state index in [0.29, 0.717) is 11.4 Å². The lowest BCUT2D eigenvalue weighted by molar-refractivity contribution is 0.582. The van der Waals surface area contributed by atoms with Crippen LogP contribution < -0.4 is 10.5 Å². The summed E-state index contributed by atoms with van der Waals surface area (Å²) in [5.74, 6) is 0. The van der Waals surface area contributed by atoms with Gasteiger partial charge in [0.15, 0.2) is 5.03 Å². The highest BCUT2D eigenvalue weighted by atomic mass is 79.9. The monoisotopic (exact) mass is 344 g/mol. The number of aryl methyl sites for hydroxylation is 2. The Balaban J connectivity index is 2.45. The topological polar surface area (TPSA) is 90.0 Å². The predicted octanol–water partition coefficient (Wildman–Crippen LogP) is 1.87. The molecule has 0 spiro atoms. The second-order valence-electron chi connectivity index (χ2n) is 4.09. The minimum atomic E-state index is -3.70. The van der Waals surface area contributed by atoms with Gasteiger partial charge in [-0.05, 0) is 30.7 Å². The van der Waals surface area contributed by atoms with Crippen molar-refractivity contribution in [2.75, 3.05) is 10.5 Å². The lowest BCUT2D eigenvalue weighted by Gasteiger charge is -2.13. The van der Waals surface area contributed by atoms with Gasteiger partial charge in [0.2, 0.25) is 0 Å². The van der Waals surface area contributed by atoms with E-state index in [9.17, 15) is 8.42 Å². The van der Waals surface area contributed by atoms with Crippen molar-refractivity contribution in [1.82, 2.24) is 9.78 Å². The number of anilines is 2. The summed E-state index contributed by atoms with van der Waals surface area (Å²) in [4.78, 5) is 0. The Kier molecular flexibility index (Phi) is 3.55. The Bertz CT molecular complexity index is 701. The first kappa shape index (κ1) is 13.9. The summed E-state index contributed by atoms with van der Waals surface area (Å²) in [7, 11) is -2.14. The maximum absolute atomic E-state index is 12.2. The number of halogens is 1. The lowest BCUT2D eigenvalue weighted by Crippen LogP contribution is -2.18. The van der Waals surface area contributed by atoms with Crippen molar-refractivity contribution >= 4 is 37.3 Å². The van der Waals surface area contributed by atoms with Gasteiger partial charge >= 0.3 is 0 Å². The van der Waals surface area contributed by atoms with Crippen molar-refractivity contribution in [3.8, 4) is 0 Å². The van der Waals surface area contributed by atoms with E-state index in [-0.39, 0.29) is 5.03 Å². The molecule has 0 aliphatic rings. The van der Waals surface area contributed by atoms with Crippen LogP contribution >= 0.6 is 15.9 Å². The quantitative estimate of drug-likeness (QED) is 0.831. The van der Waals surface area contributed by atoms with Crippen molar-refractivity contribution in [3.63, 3.8) is 0 Å². The van der Waals surface area contributed by atoms with Crippen molar-refractivity contribution in [1.29, 1.82) is 0 Å². The molecule has 2 aromatic rings. The zero-order chi connectivity index (χ0) is 14.2. The van der Waals surface area contributed by atoms with Gasteiger partial charge in [0.05, 0.1) is 17.6 Å². The number of nitrogens with zero attached hydrogens (tertiary/aromatic N) is 2. The maximum Gasteiger partial charge on any atom is 0.279 e. The van der Waals surface area contributed by atoms with Crippen molar-refractivity contribution in [2.24, 2.45) is 7.05 Å². The summed E-state index contributed by atoms with van der Waals surface area (Å²) in [6.07, 6.45) is 1.42. The van der Waals surface area contributed by atoms with Crippen LogP contribution in [0.25, 0.3) is 0 Å². The Morgan fingerprint density at radius 3 is 2.63 bits per heavy atom. The first-order chi connectivity index (χ1) is 8.81. The molecular weight excluding hydrogens is 332 g/mol. The Hall–Kier alpha value is -1.54. The summed E-state index contributed by atoms with van der Waals surface area (Å²) in [6.45, 7) is 1.78. The molecule has 19 heavy (non-hydrogen) atoms. The molecule has 8 heteroatoms. The van der Waals surface area contributed by atoms with Gasteiger partial charge in [0.1, 0.15) is 0 Å². The van der Waals surface area contributed by atoms with Gasteiger partial charge in [-0.15, -0.1) is 0 Å². The average molecular weight is 345 g/mol. The van der Waals surface area contributed by atoms with E-state index in [1.54, 1.807) is 26.1 Å². The second kappa shape index (κ2) is 4.86. The molecule has 0 bridgehead atoms. The standard InChI is InChI=1S/C11H13BrN4O2S/c1-7-5-8(12)6-9(13)11(7)15-19(17,18)10-3-4-14-16(10)2/h3-6,15H,13H2,1-2H3. The van der Waals surface area contributed by atoms with Crippen molar-refractivity contribution in [3.05, 3.63) is 34.4 Å². The number of rotatable bonds is 3. The summed E-state index contributed by atoms with van der Waals surface area (Å²) in [6, 6.07) is 4.86. The molecule has 1 aromatic carbocycles. The van der Waals surface area contributed by atoms with Crippen molar-refractivity contribution in [2.45, 2.75) is 11.9 Å². The van der Waals surface area contributed by atoms with Crippen LogP contribution in [-0.4, -0.2) is 18.2 Å². The normalized spacial score (nSPS) is 11.5. The summed E-state index contributed by atoms with van der Waals surface area (Å²) < 4.78 is 29.0. The predicted molar refractivity (Wildman–Crippen MR) is 77.3 cm³/mol. The van der Waals surface area contributed by atoms with E-state index >= 15 is 0 Å².